The van der Waals surface area contributed by atoms with Crippen molar-refractivity contribution in [2.75, 3.05) is 13.1 Å². The molecule has 0 saturated carbocycles. The van der Waals surface area contributed by atoms with Crippen LogP contribution in [0.2, 0.25) is 0 Å². The van der Waals surface area contributed by atoms with Gasteiger partial charge < -0.3 is 11.1 Å². The van der Waals surface area contributed by atoms with Crippen molar-refractivity contribution in [2.24, 2.45) is 5.73 Å². The van der Waals surface area contributed by atoms with Gasteiger partial charge in [-0.05, 0) is 25.1 Å². The highest BCUT2D eigenvalue weighted by Gasteiger charge is 2.06. The Morgan fingerprint density at radius 2 is 2.25 bits per heavy atom. The summed E-state index contributed by atoms with van der Waals surface area (Å²) in [5.41, 5.74) is 7.13. The lowest BCUT2D eigenvalue weighted by Gasteiger charge is -2.02. The van der Waals surface area contributed by atoms with Crippen LogP contribution >= 0.6 is 11.3 Å². The minimum atomic E-state index is 0.0527. The van der Waals surface area contributed by atoms with Crippen LogP contribution in [-0.4, -0.2) is 29.0 Å². The number of pyridine rings is 1. The van der Waals surface area contributed by atoms with E-state index in [4.69, 9.17) is 5.73 Å². The fourth-order valence-electron chi connectivity index (χ4n) is 1.72. The largest absolute Gasteiger partial charge is 0.356 e. The van der Waals surface area contributed by atoms with Crippen LogP contribution in [0.5, 0.6) is 0 Å². The van der Waals surface area contributed by atoms with Gasteiger partial charge in [0.05, 0.1) is 16.4 Å². The molecule has 0 aliphatic rings. The Balaban J connectivity index is 1.80. The van der Waals surface area contributed by atoms with E-state index in [1.54, 1.807) is 17.5 Å². The lowest BCUT2D eigenvalue weighted by Crippen LogP contribution is -2.25. The van der Waals surface area contributed by atoms with Crippen LogP contribution in [-0.2, 0) is 11.2 Å². The van der Waals surface area contributed by atoms with E-state index in [9.17, 15) is 4.79 Å². The Labute approximate surface area is 122 Å². The molecule has 0 aromatic carbocycles. The third-order valence-corrected chi connectivity index (χ3v) is 3.66. The summed E-state index contributed by atoms with van der Waals surface area (Å²) in [4.78, 5) is 20.2. The molecule has 5 nitrogen and oxygen atoms in total. The molecule has 0 aliphatic heterocycles. The number of amides is 1. The monoisotopic (exact) mass is 290 g/mol. The van der Waals surface area contributed by atoms with Crippen LogP contribution in [0, 0.1) is 0 Å². The van der Waals surface area contributed by atoms with Crippen molar-refractivity contribution in [3.05, 3.63) is 34.8 Å². The molecule has 106 valence electrons. The van der Waals surface area contributed by atoms with E-state index < -0.39 is 0 Å². The van der Waals surface area contributed by atoms with E-state index in [0.29, 0.717) is 19.5 Å². The molecule has 0 spiro atoms. The zero-order chi connectivity index (χ0) is 14.2. The van der Waals surface area contributed by atoms with Crippen molar-refractivity contribution >= 4 is 17.2 Å². The topological polar surface area (TPSA) is 80.9 Å². The summed E-state index contributed by atoms with van der Waals surface area (Å²) in [6.07, 6.45) is 3.72. The zero-order valence-corrected chi connectivity index (χ0v) is 12.0. The molecular formula is C14H18N4OS. The molecule has 2 aromatic rings. The molecule has 0 atom stereocenters. The fraction of sp³-hybridized carbons (Fsp3) is 0.357. The van der Waals surface area contributed by atoms with Gasteiger partial charge in [0.25, 0.3) is 0 Å². The molecule has 2 rings (SSSR count). The number of carbonyl (C=O) groups excluding carboxylic acids is 1. The molecule has 0 fully saturated rings. The molecule has 6 heteroatoms. The number of nitrogens with two attached hydrogens (primary N) is 1. The Kier molecular flexibility index (Phi) is 5.64. The van der Waals surface area contributed by atoms with Gasteiger partial charge in [-0.25, -0.2) is 4.98 Å². The van der Waals surface area contributed by atoms with Gasteiger partial charge in [0.1, 0.15) is 0 Å². The number of aromatic nitrogens is 2. The first-order valence-electron chi connectivity index (χ1n) is 6.62. The second-order valence-electron chi connectivity index (χ2n) is 4.33. The van der Waals surface area contributed by atoms with Crippen molar-refractivity contribution in [1.29, 1.82) is 0 Å². The van der Waals surface area contributed by atoms with Gasteiger partial charge in [0, 0.05) is 31.0 Å². The smallest absolute Gasteiger partial charge is 0.220 e. The quantitative estimate of drug-likeness (QED) is 0.811. The van der Waals surface area contributed by atoms with E-state index in [1.807, 2.05) is 23.6 Å². The van der Waals surface area contributed by atoms with Crippen LogP contribution in [0.1, 0.15) is 17.8 Å². The van der Waals surface area contributed by atoms with Crippen LogP contribution in [0.4, 0.5) is 0 Å². The van der Waals surface area contributed by atoms with Crippen LogP contribution in [0.25, 0.3) is 11.4 Å². The molecule has 2 aromatic heterocycles. The standard InChI is InChI=1S/C14H18N4OS/c15-7-3-5-13(19)17-9-6-14-18-12(10-20-14)11-4-1-2-8-16-11/h1-2,4,8,10H,3,5-7,9,15H2,(H,17,19). The van der Waals surface area contributed by atoms with Gasteiger partial charge in [0.15, 0.2) is 0 Å². The van der Waals surface area contributed by atoms with Gasteiger partial charge in [-0.2, -0.15) is 0 Å². The van der Waals surface area contributed by atoms with E-state index in [1.165, 1.54) is 0 Å². The molecule has 2 heterocycles. The predicted molar refractivity (Wildman–Crippen MR) is 80.3 cm³/mol. The van der Waals surface area contributed by atoms with Gasteiger partial charge >= 0.3 is 0 Å². The molecule has 0 radical (unpaired) electrons. The molecular weight excluding hydrogens is 272 g/mol. The number of nitrogens with one attached hydrogen (secondary N) is 1. The average Bonchev–Trinajstić information content (AvgIpc) is 2.95. The second-order valence-corrected chi connectivity index (χ2v) is 5.28. The van der Waals surface area contributed by atoms with Crippen molar-refractivity contribution in [3.63, 3.8) is 0 Å². The Hall–Kier alpha value is -1.79. The van der Waals surface area contributed by atoms with Gasteiger partial charge in [0.2, 0.25) is 5.91 Å². The number of hydrogen-bond acceptors (Lipinski definition) is 5. The zero-order valence-electron chi connectivity index (χ0n) is 11.2. The maximum atomic E-state index is 11.4. The van der Waals surface area contributed by atoms with Gasteiger partial charge in [-0.15, -0.1) is 11.3 Å². The summed E-state index contributed by atoms with van der Waals surface area (Å²) in [5, 5.41) is 5.87. The molecule has 3 N–H and O–H groups in total. The molecule has 0 bridgehead atoms. The minimum Gasteiger partial charge on any atom is -0.356 e. The first kappa shape index (κ1) is 14.6. The van der Waals surface area contributed by atoms with Crippen molar-refractivity contribution in [2.45, 2.75) is 19.3 Å². The third kappa shape index (κ3) is 4.40. The summed E-state index contributed by atoms with van der Waals surface area (Å²) in [7, 11) is 0. The molecule has 0 saturated heterocycles. The first-order valence-corrected chi connectivity index (χ1v) is 7.50. The summed E-state index contributed by atoms with van der Waals surface area (Å²) < 4.78 is 0. The normalized spacial score (nSPS) is 10.4. The lowest BCUT2D eigenvalue weighted by atomic mass is 10.3. The highest BCUT2D eigenvalue weighted by Crippen LogP contribution is 2.19. The third-order valence-electron chi connectivity index (χ3n) is 2.75. The predicted octanol–water partition coefficient (Wildman–Crippen LogP) is 1.60. The maximum absolute atomic E-state index is 11.4. The van der Waals surface area contributed by atoms with E-state index in [0.717, 1.165) is 29.2 Å². The van der Waals surface area contributed by atoms with Crippen LogP contribution < -0.4 is 11.1 Å². The van der Waals surface area contributed by atoms with Crippen LogP contribution in [0.3, 0.4) is 0 Å². The highest BCUT2D eigenvalue weighted by molar-refractivity contribution is 7.09. The molecule has 0 aliphatic carbocycles. The van der Waals surface area contributed by atoms with Crippen molar-refractivity contribution in [1.82, 2.24) is 15.3 Å². The number of carbonyl (C=O) groups is 1. The second kappa shape index (κ2) is 7.72. The number of thiazole rings is 1. The fourth-order valence-corrected chi connectivity index (χ4v) is 2.51. The van der Waals surface area contributed by atoms with Gasteiger partial charge in [-0.1, -0.05) is 6.07 Å². The summed E-state index contributed by atoms with van der Waals surface area (Å²) >= 11 is 1.59. The molecule has 1 amide bonds. The lowest BCUT2D eigenvalue weighted by molar-refractivity contribution is -0.121. The molecule has 0 unspecified atom stereocenters. The average molecular weight is 290 g/mol. The number of rotatable bonds is 7. The summed E-state index contributed by atoms with van der Waals surface area (Å²) in [5.74, 6) is 0.0527. The Morgan fingerprint density at radius 3 is 3.00 bits per heavy atom. The van der Waals surface area contributed by atoms with Crippen molar-refractivity contribution < 1.29 is 4.79 Å². The van der Waals surface area contributed by atoms with E-state index in [2.05, 4.69) is 15.3 Å². The van der Waals surface area contributed by atoms with Crippen LogP contribution in [0.15, 0.2) is 29.8 Å². The minimum absolute atomic E-state index is 0.0527. The number of hydrogen-bond donors (Lipinski definition) is 2. The molecule has 20 heavy (non-hydrogen) atoms. The SMILES string of the molecule is NCCCC(=O)NCCc1nc(-c2ccccn2)cs1. The summed E-state index contributed by atoms with van der Waals surface area (Å²) in [6.45, 7) is 1.16. The Bertz CT molecular complexity index is 541. The summed E-state index contributed by atoms with van der Waals surface area (Å²) in [6, 6.07) is 5.76. The Morgan fingerprint density at radius 1 is 1.35 bits per heavy atom. The van der Waals surface area contributed by atoms with Crippen molar-refractivity contribution in [3.8, 4) is 11.4 Å². The van der Waals surface area contributed by atoms with Gasteiger partial charge in [-0.3, -0.25) is 9.78 Å². The number of nitrogens with zero attached hydrogens (tertiary/aromatic N) is 2. The first-order chi connectivity index (χ1) is 9.79. The highest BCUT2D eigenvalue weighted by atomic mass is 32.1. The van der Waals surface area contributed by atoms with E-state index >= 15 is 0 Å². The van der Waals surface area contributed by atoms with E-state index in [-0.39, 0.29) is 5.91 Å². The maximum Gasteiger partial charge on any atom is 0.220 e.